The number of esters is 3. The molecule has 1 atom stereocenters. The Balaban J connectivity index is 4.39. The van der Waals surface area contributed by atoms with Gasteiger partial charge < -0.3 is 14.2 Å². The van der Waals surface area contributed by atoms with Gasteiger partial charge in [0.25, 0.3) is 0 Å². The van der Waals surface area contributed by atoms with Gasteiger partial charge in [-0.3, -0.25) is 14.4 Å². The molecule has 6 heteroatoms. The van der Waals surface area contributed by atoms with E-state index in [2.05, 4.69) is 81.5 Å². The molecular formula is C58H102O6. The van der Waals surface area contributed by atoms with Gasteiger partial charge in [-0.05, 0) is 103 Å². The summed E-state index contributed by atoms with van der Waals surface area (Å²) in [5, 5.41) is 0. The number of carbonyl (C=O) groups is 3. The van der Waals surface area contributed by atoms with Crippen molar-refractivity contribution in [2.24, 2.45) is 0 Å². The Kier molecular flexibility index (Phi) is 50.4. The molecule has 0 fully saturated rings. The molecule has 6 nitrogen and oxygen atoms in total. The summed E-state index contributed by atoms with van der Waals surface area (Å²) in [6, 6.07) is 0. The highest BCUT2D eigenvalue weighted by Crippen LogP contribution is 2.15. The second-order valence-electron chi connectivity index (χ2n) is 18.1. The van der Waals surface area contributed by atoms with Crippen LogP contribution in [0.3, 0.4) is 0 Å². The lowest BCUT2D eigenvalue weighted by Crippen LogP contribution is -2.30. The molecule has 0 saturated carbocycles. The molecule has 0 aromatic heterocycles. The Morgan fingerprint density at radius 3 is 1.00 bits per heavy atom. The van der Waals surface area contributed by atoms with Crippen LogP contribution in [0.15, 0.2) is 60.8 Å². The molecule has 0 radical (unpaired) electrons. The molecule has 0 N–H and O–H groups in total. The number of allylic oxidation sites excluding steroid dienone is 10. The van der Waals surface area contributed by atoms with Crippen LogP contribution in [0.1, 0.15) is 271 Å². The summed E-state index contributed by atoms with van der Waals surface area (Å²) in [5.41, 5.74) is 0. The first-order valence-corrected chi connectivity index (χ1v) is 27.3. The van der Waals surface area contributed by atoms with E-state index >= 15 is 0 Å². The maximum Gasteiger partial charge on any atom is 0.306 e. The van der Waals surface area contributed by atoms with Gasteiger partial charge in [-0.25, -0.2) is 0 Å². The van der Waals surface area contributed by atoms with E-state index < -0.39 is 6.10 Å². The third-order valence-corrected chi connectivity index (χ3v) is 11.7. The van der Waals surface area contributed by atoms with E-state index in [0.29, 0.717) is 19.3 Å². The molecule has 0 heterocycles. The third-order valence-electron chi connectivity index (χ3n) is 11.7. The molecule has 0 amide bonds. The first-order valence-electron chi connectivity index (χ1n) is 27.3. The highest BCUT2D eigenvalue weighted by Gasteiger charge is 2.19. The standard InChI is InChI=1S/C58H102O6/c1-4-7-10-13-16-19-22-25-27-29-30-32-33-36-39-42-45-48-51-57(60)63-54-55(53-62-56(59)50-47-44-41-38-35-24-21-18-15-12-9-6-3)64-58(61)52-49-46-43-40-37-34-31-28-26-23-20-17-14-11-8-5-2/h8,11,17-18,20-21,26,28,30,32,55H,4-7,9-10,12-16,19,22-25,27,29,31,33-54H2,1-3H3/b11-8-,20-17-,21-18-,28-26-,32-30-. The van der Waals surface area contributed by atoms with Crippen LogP contribution < -0.4 is 0 Å². The molecule has 64 heavy (non-hydrogen) atoms. The molecule has 0 aliphatic heterocycles. The molecule has 0 bridgehead atoms. The summed E-state index contributed by atoms with van der Waals surface area (Å²) < 4.78 is 16.8. The maximum absolute atomic E-state index is 12.8. The van der Waals surface area contributed by atoms with Gasteiger partial charge in [0, 0.05) is 19.3 Å². The minimum atomic E-state index is -0.787. The van der Waals surface area contributed by atoms with Crippen molar-refractivity contribution in [2.75, 3.05) is 13.2 Å². The van der Waals surface area contributed by atoms with Gasteiger partial charge in [0.2, 0.25) is 0 Å². The molecule has 0 aromatic rings. The number of hydrogen-bond donors (Lipinski definition) is 0. The second kappa shape index (κ2) is 52.7. The molecule has 0 spiro atoms. The first-order chi connectivity index (χ1) is 31.5. The van der Waals surface area contributed by atoms with Crippen LogP contribution in [-0.4, -0.2) is 37.2 Å². The Hall–Kier alpha value is -2.89. The molecule has 370 valence electrons. The van der Waals surface area contributed by atoms with E-state index in [0.717, 1.165) is 103 Å². The SMILES string of the molecule is CC/C=C\C/C=C\C/C=C\CCCCCCCCC(=O)OC(COC(=O)CCCCCCC/C=C\CCCCC)COC(=O)CCCCCCC/C=C\CCCCCCCCCCC. The zero-order valence-corrected chi connectivity index (χ0v) is 42.3. The number of rotatable bonds is 49. The number of carbonyl (C=O) groups excluding carboxylic acids is 3. The number of hydrogen-bond acceptors (Lipinski definition) is 6. The van der Waals surface area contributed by atoms with Crippen LogP contribution >= 0.6 is 0 Å². The molecule has 0 aliphatic rings. The third kappa shape index (κ3) is 50.1. The highest BCUT2D eigenvalue weighted by atomic mass is 16.6. The van der Waals surface area contributed by atoms with Crippen LogP contribution in [0.25, 0.3) is 0 Å². The average molecular weight is 895 g/mol. The Morgan fingerprint density at radius 2 is 0.609 bits per heavy atom. The van der Waals surface area contributed by atoms with E-state index in [1.165, 1.54) is 128 Å². The summed E-state index contributed by atoms with van der Waals surface area (Å²) in [4.78, 5) is 38.0. The molecule has 1 unspecified atom stereocenters. The zero-order chi connectivity index (χ0) is 46.5. The summed E-state index contributed by atoms with van der Waals surface area (Å²) >= 11 is 0. The van der Waals surface area contributed by atoms with Crippen LogP contribution in [0, 0.1) is 0 Å². The van der Waals surface area contributed by atoms with Gasteiger partial charge in [-0.1, -0.05) is 210 Å². The Morgan fingerprint density at radius 1 is 0.328 bits per heavy atom. The van der Waals surface area contributed by atoms with Crippen molar-refractivity contribution in [3.63, 3.8) is 0 Å². The summed E-state index contributed by atoms with van der Waals surface area (Å²) in [5.74, 6) is -0.909. The van der Waals surface area contributed by atoms with Crippen molar-refractivity contribution < 1.29 is 28.6 Å². The van der Waals surface area contributed by atoms with Crippen molar-refractivity contribution in [3.05, 3.63) is 60.8 Å². The normalized spacial score (nSPS) is 12.5. The first kappa shape index (κ1) is 61.1. The number of ether oxygens (including phenoxy) is 3. The van der Waals surface area contributed by atoms with E-state index in [-0.39, 0.29) is 31.1 Å². The topological polar surface area (TPSA) is 78.9 Å². The highest BCUT2D eigenvalue weighted by molar-refractivity contribution is 5.71. The lowest BCUT2D eigenvalue weighted by atomic mass is 10.1. The van der Waals surface area contributed by atoms with Gasteiger partial charge in [0.15, 0.2) is 6.10 Å². The number of unbranched alkanes of at least 4 members (excludes halogenated alkanes) is 28. The minimum absolute atomic E-state index is 0.0860. The van der Waals surface area contributed by atoms with Crippen molar-refractivity contribution in [1.82, 2.24) is 0 Å². The maximum atomic E-state index is 12.8. The monoisotopic (exact) mass is 895 g/mol. The predicted molar refractivity (Wildman–Crippen MR) is 275 cm³/mol. The fourth-order valence-electron chi connectivity index (χ4n) is 7.62. The van der Waals surface area contributed by atoms with Gasteiger partial charge in [-0.2, -0.15) is 0 Å². The van der Waals surface area contributed by atoms with Crippen molar-refractivity contribution in [1.29, 1.82) is 0 Å². The van der Waals surface area contributed by atoms with E-state index in [1.54, 1.807) is 0 Å². The molecule has 0 rings (SSSR count). The molecular weight excluding hydrogens is 793 g/mol. The fourth-order valence-corrected chi connectivity index (χ4v) is 7.62. The molecule has 0 aliphatic carbocycles. The van der Waals surface area contributed by atoms with E-state index in [4.69, 9.17) is 14.2 Å². The van der Waals surface area contributed by atoms with Gasteiger partial charge in [-0.15, -0.1) is 0 Å². The van der Waals surface area contributed by atoms with Crippen molar-refractivity contribution in [3.8, 4) is 0 Å². The summed E-state index contributed by atoms with van der Waals surface area (Å²) in [6.45, 7) is 6.49. The van der Waals surface area contributed by atoms with Gasteiger partial charge in [0.05, 0.1) is 0 Å². The molecule has 0 saturated heterocycles. The van der Waals surface area contributed by atoms with Crippen LogP contribution in [0.2, 0.25) is 0 Å². The van der Waals surface area contributed by atoms with E-state index in [1.807, 2.05) is 0 Å². The fraction of sp³-hybridized carbons (Fsp3) is 0.776. The largest absolute Gasteiger partial charge is 0.462 e. The smallest absolute Gasteiger partial charge is 0.306 e. The second-order valence-corrected chi connectivity index (χ2v) is 18.1. The summed E-state index contributed by atoms with van der Waals surface area (Å²) in [7, 11) is 0. The Labute approximate surface area is 396 Å². The zero-order valence-electron chi connectivity index (χ0n) is 42.3. The predicted octanol–water partition coefficient (Wildman–Crippen LogP) is 18.0. The molecule has 0 aromatic carbocycles. The lowest BCUT2D eigenvalue weighted by molar-refractivity contribution is -0.167. The van der Waals surface area contributed by atoms with E-state index in [9.17, 15) is 14.4 Å². The quantitative estimate of drug-likeness (QED) is 0.0262. The minimum Gasteiger partial charge on any atom is -0.462 e. The Bertz CT molecular complexity index is 1170. The lowest BCUT2D eigenvalue weighted by Gasteiger charge is -2.18. The van der Waals surface area contributed by atoms with Gasteiger partial charge in [0.1, 0.15) is 13.2 Å². The summed E-state index contributed by atoms with van der Waals surface area (Å²) in [6.07, 6.45) is 64.9. The van der Waals surface area contributed by atoms with Crippen molar-refractivity contribution >= 4 is 17.9 Å². The van der Waals surface area contributed by atoms with Crippen LogP contribution in [0.4, 0.5) is 0 Å². The van der Waals surface area contributed by atoms with Crippen LogP contribution in [0.5, 0.6) is 0 Å². The van der Waals surface area contributed by atoms with Gasteiger partial charge >= 0.3 is 17.9 Å². The van der Waals surface area contributed by atoms with Crippen LogP contribution in [-0.2, 0) is 28.6 Å². The average Bonchev–Trinajstić information content (AvgIpc) is 3.29. The van der Waals surface area contributed by atoms with Crippen molar-refractivity contribution in [2.45, 2.75) is 277 Å².